The van der Waals surface area contributed by atoms with Gasteiger partial charge >= 0.3 is 6.01 Å². The lowest BCUT2D eigenvalue weighted by Crippen LogP contribution is -2.48. The number of amides is 1. The minimum atomic E-state index is 0.340. The Balaban J connectivity index is 1.41. The number of rotatable bonds is 3. The molecule has 2 saturated heterocycles. The summed E-state index contributed by atoms with van der Waals surface area (Å²) in [5.41, 5.74) is 0. The zero-order chi connectivity index (χ0) is 16.5. The number of likely N-dealkylation sites (tertiary alicyclic amines) is 1. The molecule has 2 aliphatic heterocycles. The van der Waals surface area contributed by atoms with Crippen molar-refractivity contribution in [3.8, 4) is 0 Å². The molecule has 1 aromatic heterocycles. The first kappa shape index (κ1) is 15.9. The Labute approximate surface area is 143 Å². The third kappa shape index (κ3) is 3.28. The predicted molar refractivity (Wildman–Crippen MR) is 90.7 cm³/mol. The molecule has 1 amide bonds. The SMILES string of the molecule is Cc1nnc(N2CCC(C3CCCCCN3C(=O)C3CC3)CC2)o1. The molecule has 3 aliphatic rings. The van der Waals surface area contributed by atoms with Gasteiger partial charge in [0.1, 0.15) is 0 Å². The molecule has 3 fully saturated rings. The summed E-state index contributed by atoms with van der Waals surface area (Å²) in [7, 11) is 0. The lowest BCUT2D eigenvalue weighted by Gasteiger charge is -2.40. The van der Waals surface area contributed by atoms with Crippen LogP contribution in [0.15, 0.2) is 4.42 Å². The Kier molecular flexibility index (Phi) is 4.46. The first-order chi connectivity index (χ1) is 11.7. The molecule has 1 aromatic rings. The molecule has 0 spiro atoms. The van der Waals surface area contributed by atoms with Crippen LogP contribution in [0.3, 0.4) is 0 Å². The fourth-order valence-electron chi connectivity index (χ4n) is 4.35. The summed E-state index contributed by atoms with van der Waals surface area (Å²) in [5.74, 6) is 2.02. The van der Waals surface area contributed by atoms with Crippen molar-refractivity contribution in [2.24, 2.45) is 11.8 Å². The molecule has 132 valence electrons. The fourth-order valence-corrected chi connectivity index (χ4v) is 4.35. The highest BCUT2D eigenvalue weighted by Crippen LogP contribution is 2.36. The molecular weight excluding hydrogens is 304 g/mol. The van der Waals surface area contributed by atoms with Gasteiger partial charge in [-0.25, -0.2) is 0 Å². The summed E-state index contributed by atoms with van der Waals surface area (Å²) in [4.78, 5) is 17.2. The summed E-state index contributed by atoms with van der Waals surface area (Å²) < 4.78 is 5.56. The second-order valence-electron chi connectivity index (χ2n) is 7.65. The molecule has 0 bridgehead atoms. The molecule has 3 heterocycles. The zero-order valence-electron chi connectivity index (χ0n) is 14.6. The maximum Gasteiger partial charge on any atom is 0.318 e. The van der Waals surface area contributed by atoms with E-state index in [-0.39, 0.29) is 0 Å². The van der Waals surface area contributed by atoms with Crippen molar-refractivity contribution in [1.29, 1.82) is 0 Å². The van der Waals surface area contributed by atoms with Crippen molar-refractivity contribution in [2.75, 3.05) is 24.5 Å². The normalized spacial score (nSPS) is 26.5. The van der Waals surface area contributed by atoms with Crippen LogP contribution in [0.1, 0.15) is 57.3 Å². The number of nitrogens with zero attached hydrogens (tertiary/aromatic N) is 4. The molecule has 1 saturated carbocycles. The molecule has 0 N–H and O–H groups in total. The standard InChI is InChI=1S/C18H28N4O2/c1-13-19-20-18(24-13)21-11-8-14(9-12-21)16-5-3-2-4-10-22(16)17(23)15-6-7-15/h14-16H,2-12H2,1H3. The molecule has 0 aromatic carbocycles. The fraction of sp³-hybridized carbons (Fsp3) is 0.833. The number of hydrogen-bond acceptors (Lipinski definition) is 5. The molecule has 0 radical (unpaired) electrons. The van der Waals surface area contributed by atoms with Gasteiger partial charge in [0.15, 0.2) is 0 Å². The first-order valence-electron chi connectivity index (χ1n) is 9.58. The van der Waals surface area contributed by atoms with Crippen molar-refractivity contribution in [2.45, 2.75) is 64.3 Å². The van der Waals surface area contributed by atoms with E-state index in [0.29, 0.717) is 35.7 Å². The third-order valence-electron chi connectivity index (χ3n) is 5.88. The maximum atomic E-state index is 12.7. The molecule has 1 aliphatic carbocycles. The number of carbonyl (C=O) groups is 1. The molecule has 6 nitrogen and oxygen atoms in total. The Morgan fingerprint density at radius 1 is 1.00 bits per heavy atom. The maximum absolute atomic E-state index is 12.7. The summed E-state index contributed by atoms with van der Waals surface area (Å²) in [6, 6.07) is 1.10. The van der Waals surface area contributed by atoms with E-state index in [0.717, 1.165) is 45.3 Å². The van der Waals surface area contributed by atoms with Gasteiger partial charge in [-0.15, -0.1) is 5.10 Å². The highest BCUT2D eigenvalue weighted by molar-refractivity contribution is 5.81. The van der Waals surface area contributed by atoms with Crippen LogP contribution in [-0.2, 0) is 4.79 Å². The largest absolute Gasteiger partial charge is 0.408 e. The quantitative estimate of drug-likeness (QED) is 0.852. The van der Waals surface area contributed by atoms with Crippen LogP contribution in [-0.4, -0.2) is 46.7 Å². The minimum Gasteiger partial charge on any atom is -0.408 e. The second-order valence-corrected chi connectivity index (χ2v) is 7.65. The first-order valence-corrected chi connectivity index (χ1v) is 9.58. The summed E-state index contributed by atoms with van der Waals surface area (Å²) in [6.45, 7) is 4.71. The van der Waals surface area contributed by atoms with E-state index in [9.17, 15) is 4.79 Å². The van der Waals surface area contributed by atoms with Crippen LogP contribution < -0.4 is 4.90 Å². The van der Waals surface area contributed by atoms with Crippen LogP contribution in [0.5, 0.6) is 0 Å². The van der Waals surface area contributed by atoms with Crippen LogP contribution in [0.25, 0.3) is 0 Å². The van der Waals surface area contributed by atoms with Crippen molar-refractivity contribution in [3.63, 3.8) is 0 Å². The van der Waals surface area contributed by atoms with Gasteiger partial charge in [-0.05, 0) is 44.4 Å². The van der Waals surface area contributed by atoms with Gasteiger partial charge in [0, 0.05) is 38.5 Å². The van der Waals surface area contributed by atoms with E-state index in [1.54, 1.807) is 0 Å². The van der Waals surface area contributed by atoms with Gasteiger partial charge < -0.3 is 14.2 Å². The average Bonchev–Trinajstić information content (AvgIpc) is 3.40. The van der Waals surface area contributed by atoms with Crippen LogP contribution in [0.4, 0.5) is 6.01 Å². The van der Waals surface area contributed by atoms with E-state index in [1.807, 2.05) is 6.92 Å². The highest BCUT2D eigenvalue weighted by atomic mass is 16.4. The minimum absolute atomic E-state index is 0.340. The van der Waals surface area contributed by atoms with Gasteiger partial charge in [-0.2, -0.15) is 0 Å². The Morgan fingerprint density at radius 2 is 1.79 bits per heavy atom. The van der Waals surface area contributed by atoms with Gasteiger partial charge in [0.05, 0.1) is 0 Å². The second kappa shape index (κ2) is 6.73. The van der Waals surface area contributed by atoms with E-state index in [2.05, 4.69) is 20.0 Å². The molecule has 1 unspecified atom stereocenters. The van der Waals surface area contributed by atoms with E-state index >= 15 is 0 Å². The predicted octanol–water partition coefficient (Wildman–Crippen LogP) is 2.78. The lowest BCUT2D eigenvalue weighted by molar-refractivity contribution is -0.136. The van der Waals surface area contributed by atoms with E-state index in [1.165, 1.54) is 25.7 Å². The van der Waals surface area contributed by atoms with Gasteiger partial charge in [-0.3, -0.25) is 4.79 Å². The van der Waals surface area contributed by atoms with Crippen LogP contribution in [0, 0.1) is 18.8 Å². The number of aromatic nitrogens is 2. The Morgan fingerprint density at radius 3 is 2.46 bits per heavy atom. The topological polar surface area (TPSA) is 62.5 Å². The van der Waals surface area contributed by atoms with Crippen molar-refractivity contribution >= 4 is 11.9 Å². The van der Waals surface area contributed by atoms with Gasteiger partial charge in [0.2, 0.25) is 11.8 Å². The van der Waals surface area contributed by atoms with Gasteiger partial charge in [-0.1, -0.05) is 17.9 Å². The zero-order valence-corrected chi connectivity index (χ0v) is 14.6. The number of aryl methyl sites for hydroxylation is 1. The third-order valence-corrected chi connectivity index (χ3v) is 5.88. The number of piperidine rings is 1. The molecule has 4 rings (SSSR count). The molecule has 24 heavy (non-hydrogen) atoms. The molecular formula is C18H28N4O2. The smallest absolute Gasteiger partial charge is 0.318 e. The lowest BCUT2D eigenvalue weighted by atomic mass is 9.86. The van der Waals surface area contributed by atoms with Crippen LogP contribution >= 0.6 is 0 Å². The summed E-state index contributed by atoms with van der Waals surface area (Å²) in [5, 5.41) is 8.07. The Hall–Kier alpha value is -1.59. The highest BCUT2D eigenvalue weighted by Gasteiger charge is 2.40. The summed E-state index contributed by atoms with van der Waals surface area (Å²) >= 11 is 0. The van der Waals surface area contributed by atoms with E-state index in [4.69, 9.17) is 4.42 Å². The molecule has 1 atom stereocenters. The monoisotopic (exact) mass is 332 g/mol. The number of carbonyl (C=O) groups excluding carboxylic acids is 1. The van der Waals surface area contributed by atoms with Crippen molar-refractivity contribution < 1.29 is 9.21 Å². The van der Waals surface area contributed by atoms with Gasteiger partial charge in [0.25, 0.3) is 0 Å². The number of hydrogen-bond donors (Lipinski definition) is 0. The van der Waals surface area contributed by atoms with Crippen LogP contribution in [0.2, 0.25) is 0 Å². The van der Waals surface area contributed by atoms with E-state index < -0.39 is 0 Å². The average molecular weight is 332 g/mol. The summed E-state index contributed by atoms with van der Waals surface area (Å²) in [6.07, 6.45) is 9.33. The van der Waals surface area contributed by atoms with Crippen molar-refractivity contribution in [1.82, 2.24) is 15.1 Å². The number of anilines is 1. The Bertz CT molecular complexity index is 575. The van der Waals surface area contributed by atoms with Crippen molar-refractivity contribution in [3.05, 3.63) is 5.89 Å². The molecule has 6 heteroatoms.